The molecule has 3 fully saturated rings. The van der Waals surface area contributed by atoms with E-state index in [9.17, 15) is 55.3 Å². The van der Waals surface area contributed by atoms with Crippen molar-refractivity contribution < 1.29 is 59.6 Å². The quantitative estimate of drug-likeness (QED) is 0.162. The summed E-state index contributed by atoms with van der Waals surface area (Å²) in [7, 11) is -8.67. The summed E-state index contributed by atoms with van der Waals surface area (Å²) in [5.74, 6) is -5.48. The van der Waals surface area contributed by atoms with Crippen LogP contribution in [0.3, 0.4) is 0 Å². The Bertz CT molecular complexity index is 2470. The average molecular weight is 916 g/mol. The van der Waals surface area contributed by atoms with Gasteiger partial charge >= 0.3 is 12.1 Å². The van der Waals surface area contributed by atoms with Crippen LogP contribution >= 0.6 is 0 Å². The van der Waals surface area contributed by atoms with Crippen molar-refractivity contribution in [2.24, 2.45) is 17.3 Å². The van der Waals surface area contributed by atoms with Gasteiger partial charge in [0.2, 0.25) is 31.9 Å². The number of allylic oxidation sites excluding steroid dienone is 1. The number of nitrogens with one attached hydrogen (secondary N) is 1. The minimum Gasteiger partial charge on any atom is -0.460 e. The number of hydrogen-bond donors (Lipinski definition) is 1. The number of fused-ring (bicyclic) bond motifs is 3. The van der Waals surface area contributed by atoms with Crippen LogP contribution in [0.25, 0.3) is 0 Å². The zero-order valence-corrected chi connectivity index (χ0v) is 36.7. The third kappa shape index (κ3) is 9.94. The third-order valence-corrected chi connectivity index (χ3v) is 15.9. The molecule has 63 heavy (non-hydrogen) atoms. The lowest BCUT2D eigenvalue weighted by atomic mass is 9.90. The maximum absolute atomic E-state index is 14.8. The van der Waals surface area contributed by atoms with E-state index in [4.69, 9.17) is 9.47 Å². The van der Waals surface area contributed by atoms with Gasteiger partial charge in [0.15, 0.2) is 10.7 Å². The van der Waals surface area contributed by atoms with Crippen molar-refractivity contribution in [2.75, 3.05) is 19.6 Å². The summed E-state index contributed by atoms with van der Waals surface area (Å²) < 4.78 is 83.4. The fourth-order valence-electron chi connectivity index (χ4n) is 8.67. The monoisotopic (exact) mass is 915 g/mol. The first-order valence-electron chi connectivity index (χ1n) is 20.8. The molecule has 3 heterocycles. The lowest BCUT2D eigenvalue weighted by Gasteiger charge is -2.29. The molecule has 3 aliphatic heterocycles. The number of nitro groups is 1. The largest absolute Gasteiger partial charge is 0.460 e. The number of amides is 3. The fourth-order valence-corrected chi connectivity index (χ4v) is 11.6. The van der Waals surface area contributed by atoms with Gasteiger partial charge in [0.05, 0.1) is 41.1 Å². The first kappa shape index (κ1) is 45.7. The van der Waals surface area contributed by atoms with Crippen molar-refractivity contribution in [1.82, 2.24) is 18.8 Å². The molecule has 3 amide bonds. The van der Waals surface area contributed by atoms with Crippen molar-refractivity contribution in [3.05, 3.63) is 81.7 Å². The molecule has 1 saturated heterocycles. The molecule has 18 nitrogen and oxygen atoms in total. The van der Waals surface area contributed by atoms with Crippen molar-refractivity contribution in [2.45, 2.75) is 113 Å². The molecule has 1 N–H and O–H groups in total. The summed E-state index contributed by atoms with van der Waals surface area (Å²) in [6.45, 7) is 3.95. The van der Waals surface area contributed by atoms with Gasteiger partial charge in [0.1, 0.15) is 17.5 Å². The standard InChI is InChI=1S/C42H50FN5O13S2/c1-41(2,3)61-37(50)19-26-10-7-17-46(63(58,59)36-14-5-4-13-33(36)48(54)55)18-8-11-28-21-42(28,39(52)44-62(56,57)30-15-16-30)22-35(49)34-20-29(24-47(34)38(26)51)60-40(53)45-23-27-9-6-12-32(43)31(27)25-45/h4-6,8-9,11-14,26,28-30,34H,7,10,15-25H2,1-3H3,(H,44,52)/b11-8-/t26-,28-,29?,34+,42-/m1/s1. The molecule has 2 aromatic carbocycles. The second kappa shape index (κ2) is 17.4. The van der Waals surface area contributed by atoms with Gasteiger partial charge in [-0.15, -0.1) is 0 Å². The molecule has 1 unspecified atom stereocenters. The predicted molar refractivity (Wildman–Crippen MR) is 220 cm³/mol. The van der Waals surface area contributed by atoms with Crippen LogP contribution < -0.4 is 4.72 Å². The van der Waals surface area contributed by atoms with Crippen molar-refractivity contribution >= 4 is 55.4 Å². The highest BCUT2D eigenvalue weighted by molar-refractivity contribution is 7.91. The average Bonchev–Trinajstić information content (AvgIpc) is 4.09. The van der Waals surface area contributed by atoms with E-state index in [1.807, 2.05) is 0 Å². The number of rotatable bonds is 9. The highest BCUT2D eigenvalue weighted by atomic mass is 32.2. The number of halogens is 1. The molecule has 0 aromatic heterocycles. The number of carbonyl (C=O) groups excluding carboxylic acids is 5. The number of sulfonamides is 2. The number of Topliss-reactive ketones (excluding diaryl/α,β-unsaturated/α-hetero) is 1. The first-order valence-corrected chi connectivity index (χ1v) is 23.8. The van der Waals surface area contributed by atoms with Gasteiger partial charge in [0, 0.05) is 50.0 Å². The molecule has 2 saturated carbocycles. The van der Waals surface area contributed by atoms with Crippen LogP contribution in [0.5, 0.6) is 0 Å². The number of esters is 1. The zero-order chi connectivity index (χ0) is 45.6. The molecule has 2 aliphatic carbocycles. The van der Waals surface area contributed by atoms with E-state index in [-0.39, 0.29) is 58.4 Å². The van der Waals surface area contributed by atoms with Gasteiger partial charge in [-0.1, -0.05) is 36.4 Å². The van der Waals surface area contributed by atoms with Crippen molar-refractivity contribution in [3.63, 3.8) is 0 Å². The first-order chi connectivity index (χ1) is 29.6. The minimum atomic E-state index is -4.59. The van der Waals surface area contributed by atoms with Gasteiger partial charge < -0.3 is 14.4 Å². The van der Waals surface area contributed by atoms with Gasteiger partial charge in [-0.05, 0) is 76.5 Å². The number of hydrogen-bond acceptors (Lipinski definition) is 13. The second-order valence-corrected chi connectivity index (χ2v) is 21.8. The van der Waals surface area contributed by atoms with Gasteiger partial charge in [-0.25, -0.2) is 26.0 Å². The Morgan fingerprint density at radius 3 is 2.43 bits per heavy atom. The van der Waals surface area contributed by atoms with Gasteiger partial charge in [-0.3, -0.25) is 38.9 Å². The SMILES string of the molecule is CC(C)(C)OC(=O)C[C@H]1CCCN(S(=O)(=O)c2ccccc2[N+](=O)[O-])C/C=C\[C@@H]2C[C@@]2(C(=O)NS(=O)(=O)C2CC2)CC(=O)[C@@H]2CC(OC(=O)N3Cc4cccc(F)c4C3)CN2C1=O. The molecule has 340 valence electrons. The number of nitrogens with zero attached hydrogens (tertiary/aromatic N) is 4. The van der Waals surface area contributed by atoms with Crippen molar-refractivity contribution in [3.8, 4) is 0 Å². The van der Waals surface area contributed by atoms with Crippen LogP contribution in [0, 0.1) is 33.2 Å². The molecule has 21 heteroatoms. The van der Waals surface area contributed by atoms with Gasteiger partial charge in [-0.2, -0.15) is 4.31 Å². The third-order valence-electron chi connectivity index (χ3n) is 12.1. The molecular formula is C42H50FN5O13S2. The van der Waals surface area contributed by atoms with Crippen LogP contribution in [0.15, 0.2) is 59.5 Å². The molecule has 5 aliphatic rings. The Balaban J connectivity index is 1.22. The summed E-state index contributed by atoms with van der Waals surface area (Å²) >= 11 is 0. The van der Waals surface area contributed by atoms with E-state index in [0.29, 0.717) is 24.0 Å². The number of ether oxygens (including phenoxy) is 2. The van der Waals surface area contributed by atoms with Crippen LogP contribution in [0.4, 0.5) is 14.9 Å². The number of para-hydroxylation sites is 1. The maximum Gasteiger partial charge on any atom is 0.410 e. The molecule has 2 aromatic rings. The van der Waals surface area contributed by atoms with Crippen LogP contribution in [-0.2, 0) is 61.8 Å². The Hall–Kier alpha value is -5.28. The van der Waals surface area contributed by atoms with E-state index < -0.39 is 124 Å². The lowest BCUT2D eigenvalue weighted by molar-refractivity contribution is -0.387. The smallest absolute Gasteiger partial charge is 0.410 e. The minimum absolute atomic E-state index is 0.00933. The highest BCUT2D eigenvalue weighted by Gasteiger charge is 2.62. The predicted octanol–water partition coefficient (Wildman–Crippen LogP) is 4.12. The van der Waals surface area contributed by atoms with E-state index in [2.05, 4.69) is 4.72 Å². The summed E-state index contributed by atoms with van der Waals surface area (Å²) in [6, 6.07) is 8.00. The summed E-state index contributed by atoms with van der Waals surface area (Å²) in [5.41, 5.74) is -2.32. The van der Waals surface area contributed by atoms with Crippen molar-refractivity contribution in [1.29, 1.82) is 0 Å². The molecular weight excluding hydrogens is 866 g/mol. The molecule has 7 rings (SSSR count). The number of ketones is 1. The molecule has 0 spiro atoms. The van der Waals surface area contributed by atoms with Crippen LogP contribution in [-0.4, -0.2) is 108 Å². The lowest BCUT2D eigenvalue weighted by Crippen LogP contribution is -2.46. The Morgan fingerprint density at radius 1 is 1.02 bits per heavy atom. The number of benzene rings is 2. The topological polar surface area (TPSA) is 237 Å². The second-order valence-electron chi connectivity index (χ2n) is 17.9. The van der Waals surface area contributed by atoms with Gasteiger partial charge in [0.25, 0.3) is 5.69 Å². The fraction of sp³-hybridized carbons (Fsp3) is 0.548. The Labute approximate surface area is 364 Å². The zero-order valence-electron chi connectivity index (χ0n) is 35.1. The number of nitro benzene ring substituents is 1. The highest BCUT2D eigenvalue weighted by Crippen LogP contribution is 2.57. The summed E-state index contributed by atoms with van der Waals surface area (Å²) in [6.07, 6.45) is 0.371. The summed E-state index contributed by atoms with van der Waals surface area (Å²) in [5, 5.41) is 11.2. The van der Waals surface area contributed by atoms with E-state index >= 15 is 0 Å². The van der Waals surface area contributed by atoms with Crippen LogP contribution in [0.1, 0.15) is 83.3 Å². The molecule has 5 atom stereocenters. The van der Waals surface area contributed by atoms with Crippen LogP contribution in [0.2, 0.25) is 0 Å². The maximum atomic E-state index is 14.8. The number of carbonyl (C=O) groups is 5. The van der Waals surface area contributed by atoms with E-state index in [1.54, 1.807) is 26.8 Å². The summed E-state index contributed by atoms with van der Waals surface area (Å²) in [4.78, 5) is 83.2. The Morgan fingerprint density at radius 2 is 1.75 bits per heavy atom. The van der Waals surface area contributed by atoms with E-state index in [1.165, 1.54) is 46.2 Å². The van der Waals surface area contributed by atoms with E-state index in [0.717, 1.165) is 16.4 Å². The Kier molecular flexibility index (Phi) is 12.6. The molecule has 0 radical (unpaired) electrons. The molecule has 0 bridgehead atoms. The normalized spacial score (nSPS) is 26.3.